The van der Waals surface area contributed by atoms with Gasteiger partial charge in [0.15, 0.2) is 0 Å². The molecule has 1 saturated heterocycles. The van der Waals surface area contributed by atoms with E-state index in [2.05, 4.69) is 5.16 Å². The minimum atomic E-state index is -0.500. The topological polar surface area (TPSA) is 102 Å². The van der Waals surface area contributed by atoms with Crippen LogP contribution in [-0.2, 0) is 6.42 Å². The molecule has 1 unspecified atom stereocenters. The van der Waals surface area contributed by atoms with E-state index in [0.717, 1.165) is 29.4 Å². The summed E-state index contributed by atoms with van der Waals surface area (Å²) >= 11 is 0. The van der Waals surface area contributed by atoms with Crippen LogP contribution in [0.4, 0.5) is 0 Å². The molecule has 0 spiro atoms. The van der Waals surface area contributed by atoms with Crippen LogP contribution < -0.4 is 5.73 Å². The molecule has 7 nitrogen and oxygen atoms in total. The molecule has 4 rings (SSSR count). The van der Waals surface area contributed by atoms with Crippen molar-refractivity contribution in [2.75, 3.05) is 13.1 Å². The molecule has 2 aromatic heterocycles. The fourth-order valence-corrected chi connectivity index (χ4v) is 3.76. The molecule has 144 valence electrons. The van der Waals surface area contributed by atoms with Gasteiger partial charge in [0.2, 0.25) is 5.76 Å². The molecule has 2 amide bonds. The standard InChI is InChI=1S/C21H22N4O3/c1-2-15-11-18(28-24-15)21(27)25-9-5-7-14(12-25)19-16(20(22)26)10-13-6-3-4-8-17(13)23-19/h3-4,6,8,10-11,14H,2,5,7,9,12H2,1H3,(H2,22,26). The molecule has 0 aliphatic carbocycles. The first-order valence-corrected chi connectivity index (χ1v) is 9.51. The molecule has 2 N–H and O–H groups in total. The van der Waals surface area contributed by atoms with E-state index in [1.54, 1.807) is 17.0 Å². The number of aryl methyl sites for hydroxylation is 1. The SMILES string of the molecule is CCc1cc(C(=O)N2CCCC(c3nc4ccccc4cc3C(N)=O)C2)on1. The van der Waals surface area contributed by atoms with Crippen molar-refractivity contribution in [1.29, 1.82) is 0 Å². The van der Waals surface area contributed by atoms with Crippen LogP contribution in [0.3, 0.4) is 0 Å². The molecule has 28 heavy (non-hydrogen) atoms. The maximum absolute atomic E-state index is 12.8. The second-order valence-electron chi connectivity index (χ2n) is 7.10. The number of aromatic nitrogens is 2. The van der Waals surface area contributed by atoms with E-state index in [1.165, 1.54) is 0 Å². The highest BCUT2D eigenvalue weighted by Crippen LogP contribution is 2.30. The minimum absolute atomic E-state index is 0.0571. The zero-order chi connectivity index (χ0) is 19.7. The van der Waals surface area contributed by atoms with Crippen molar-refractivity contribution >= 4 is 22.7 Å². The van der Waals surface area contributed by atoms with Crippen molar-refractivity contribution in [2.45, 2.75) is 32.1 Å². The molecule has 1 aliphatic rings. The number of hydrogen-bond acceptors (Lipinski definition) is 5. The molecule has 1 aromatic carbocycles. The molecular weight excluding hydrogens is 356 g/mol. The minimum Gasteiger partial charge on any atom is -0.366 e. The van der Waals surface area contributed by atoms with Crippen molar-refractivity contribution in [2.24, 2.45) is 5.73 Å². The largest absolute Gasteiger partial charge is 0.366 e. The number of carbonyl (C=O) groups is 2. The van der Waals surface area contributed by atoms with Crippen molar-refractivity contribution in [1.82, 2.24) is 15.0 Å². The van der Waals surface area contributed by atoms with Gasteiger partial charge in [-0.15, -0.1) is 0 Å². The van der Waals surface area contributed by atoms with Crippen LogP contribution in [0.15, 0.2) is 40.9 Å². The van der Waals surface area contributed by atoms with Crippen LogP contribution in [0.25, 0.3) is 10.9 Å². The number of para-hydroxylation sites is 1. The lowest BCUT2D eigenvalue weighted by atomic mass is 9.90. The Morgan fingerprint density at radius 3 is 2.86 bits per heavy atom. The predicted molar refractivity (Wildman–Crippen MR) is 104 cm³/mol. The van der Waals surface area contributed by atoms with E-state index in [9.17, 15) is 9.59 Å². The maximum Gasteiger partial charge on any atom is 0.292 e. The van der Waals surface area contributed by atoms with E-state index in [1.807, 2.05) is 31.2 Å². The van der Waals surface area contributed by atoms with Gasteiger partial charge in [-0.1, -0.05) is 30.3 Å². The van der Waals surface area contributed by atoms with Gasteiger partial charge in [0.1, 0.15) is 0 Å². The predicted octanol–water partition coefficient (Wildman–Crippen LogP) is 2.90. The molecule has 7 heteroatoms. The van der Waals surface area contributed by atoms with Crippen molar-refractivity contribution in [3.8, 4) is 0 Å². The van der Waals surface area contributed by atoms with Crippen LogP contribution in [0.2, 0.25) is 0 Å². The Balaban J connectivity index is 1.64. The number of fused-ring (bicyclic) bond motifs is 1. The van der Waals surface area contributed by atoms with E-state index >= 15 is 0 Å². The number of nitrogens with two attached hydrogens (primary N) is 1. The van der Waals surface area contributed by atoms with Gasteiger partial charge < -0.3 is 15.2 Å². The number of rotatable bonds is 4. The number of primary amides is 1. The summed E-state index contributed by atoms with van der Waals surface area (Å²) in [5.74, 6) is -0.490. The number of nitrogens with zero attached hydrogens (tertiary/aromatic N) is 3. The quantitative estimate of drug-likeness (QED) is 0.752. The van der Waals surface area contributed by atoms with E-state index in [4.69, 9.17) is 15.2 Å². The van der Waals surface area contributed by atoms with Crippen LogP contribution in [-0.4, -0.2) is 39.9 Å². The number of likely N-dealkylation sites (tertiary alicyclic amines) is 1. The zero-order valence-electron chi connectivity index (χ0n) is 15.7. The van der Waals surface area contributed by atoms with Gasteiger partial charge in [-0.25, -0.2) is 0 Å². The number of amides is 2. The molecule has 3 aromatic rings. The lowest BCUT2D eigenvalue weighted by Crippen LogP contribution is -2.39. The number of piperidine rings is 1. The molecule has 0 radical (unpaired) electrons. The number of benzene rings is 1. The van der Waals surface area contributed by atoms with Gasteiger partial charge in [-0.3, -0.25) is 14.6 Å². The summed E-state index contributed by atoms with van der Waals surface area (Å²) in [7, 11) is 0. The van der Waals surface area contributed by atoms with Gasteiger partial charge >= 0.3 is 0 Å². The van der Waals surface area contributed by atoms with Crippen LogP contribution in [0.1, 0.15) is 58.0 Å². The Kier molecular flexibility index (Phi) is 4.81. The average molecular weight is 378 g/mol. The Morgan fingerprint density at radius 2 is 2.11 bits per heavy atom. The lowest BCUT2D eigenvalue weighted by Gasteiger charge is -2.32. The summed E-state index contributed by atoms with van der Waals surface area (Å²) in [5, 5.41) is 4.78. The molecular formula is C21H22N4O3. The summed E-state index contributed by atoms with van der Waals surface area (Å²) in [5.41, 5.74) is 8.29. The number of pyridine rings is 1. The second-order valence-corrected chi connectivity index (χ2v) is 7.10. The summed E-state index contributed by atoms with van der Waals surface area (Å²) < 4.78 is 5.20. The first kappa shape index (κ1) is 18.2. The van der Waals surface area contributed by atoms with E-state index in [-0.39, 0.29) is 17.6 Å². The number of carbonyl (C=O) groups excluding carboxylic acids is 2. The second kappa shape index (κ2) is 7.42. The smallest absolute Gasteiger partial charge is 0.292 e. The summed E-state index contributed by atoms with van der Waals surface area (Å²) in [6.07, 6.45) is 2.37. The lowest BCUT2D eigenvalue weighted by molar-refractivity contribution is 0.0663. The van der Waals surface area contributed by atoms with Gasteiger partial charge in [-0.2, -0.15) is 0 Å². The molecule has 1 aliphatic heterocycles. The van der Waals surface area contributed by atoms with E-state index in [0.29, 0.717) is 30.8 Å². The monoisotopic (exact) mass is 378 g/mol. The van der Waals surface area contributed by atoms with Crippen molar-refractivity contribution in [3.63, 3.8) is 0 Å². The normalized spacial score (nSPS) is 17.0. The van der Waals surface area contributed by atoms with Gasteiger partial charge in [0.25, 0.3) is 11.8 Å². The Morgan fingerprint density at radius 1 is 1.29 bits per heavy atom. The summed E-state index contributed by atoms with van der Waals surface area (Å²) in [6.45, 7) is 3.06. The maximum atomic E-state index is 12.8. The molecule has 3 heterocycles. The number of hydrogen-bond donors (Lipinski definition) is 1. The van der Waals surface area contributed by atoms with Crippen LogP contribution in [0, 0.1) is 0 Å². The Hall–Kier alpha value is -3.22. The third-order valence-corrected chi connectivity index (χ3v) is 5.25. The Labute approximate surface area is 162 Å². The van der Waals surface area contributed by atoms with Gasteiger partial charge in [0.05, 0.1) is 22.5 Å². The highest BCUT2D eigenvalue weighted by molar-refractivity contribution is 5.98. The van der Waals surface area contributed by atoms with E-state index < -0.39 is 5.91 Å². The first-order valence-electron chi connectivity index (χ1n) is 9.51. The molecule has 1 atom stereocenters. The summed E-state index contributed by atoms with van der Waals surface area (Å²) in [4.78, 5) is 31.4. The first-order chi connectivity index (χ1) is 13.6. The molecule has 0 bridgehead atoms. The summed E-state index contributed by atoms with van der Waals surface area (Å²) in [6, 6.07) is 11.1. The highest BCUT2D eigenvalue weighted by Gasteiger charge is 2.30. The average Bonchev–Trinajstić information content (AvgIpc) is 3.21. The van der Waals surface area contributed by atoms with Crippen molar-refractivity contribution < 1.29 is 14.1 Å². The highest BCUT2D eigenvalue weighted by atomic mass is 16.5. The zero-order valence-corrected chi connectivity index (χ0v) is 15.7. The molecule has 1 fully saturated rings. The fourth-order valence-electron chi connectivity index (χ4n) is 3.76. The van der Waals surface area contributed by atoms with Gasteiger partial charge in [-0.05, 0) is 31.4 Å². The fraction of sp³-hybridized carbons (Fsp3) is 0.333. The third kappa shape index (κ3) is 3.35. The van der Waals surface area contributed by atoms with Crippen LogP contribution in [0.5, 0.6) is 0 Å². The van der Waals surface area contributed by atoms with Crippen molar-refractivity contribution in [3.05, 3.63) is 59.1 Å². The third-order valence-electron chi connectivity index (χ3n) is 5.25. The Bertz CT molecular complexity index is 1040. The van der Waals surface area contributed by atoms with Crippen LogP contribution >= 0.6 is 0 Å². The molecule has 0 saturated carbocycles. The van der Waals surface area contributed by atoms with Gasteiger partial charge in [0, 0.05) is 30.5 Å².